The van der Waals surface area contributed by atoms with Gasteiger partial charge in [-0.2, -0.15) is 13.2 Å². The predicted octanol–water partition coefficient (Wildman–Crippen LogP) is 2.60. The van der Waals surface area contributed by atoms with Gasteiger partial charge in [0.1, 0.15) is 0 Å². The van der Waals surface area contributed by atoms with Gasteiger partial charge in [0, 0.05) is 24.2 Å². The van der Waals surface area contributed by atoms with Crippen LogP contribution in [0.2, 0.25) is 0 Å². The van der Waals surface area contributed by atoms with Gasteiger partial charge in [-0.25, -0.2) is 4.98 Å². The van der Waals surface area contributed by atoms with Crippen molar-refractivity contribution in [2.45, 2.75) is 33.0 Å². The van der Waals surface area contributed by atoms with Crippen LogP contribution in [0.1, 0.15) is 24.5 Å². The van der Waals surface area contributed by atoms with Crippen LogP contribution in [0, 0.1) is 18.8 Å². The van der Waals surface area contributed by atoms with Gasteiger partial charge >= 0.3 is 6.18 Å². The molecule has 0 spiro atoms. The normalized spacial score (nSPS) is 21.0. The number of aryl methyl sites for hydroxylation is 1. The van der Waals surface area contributed by atoms with E-state index in [0.29, 0.717) is 18.0 Å². The molecule has 1 heterocycles. The molecule has 1 fully saturated rings. The van der Waals surface area contributed by atoms with E-state index in [-0.39, 0.29) is 17.7 Å². The summed E-state index contributed by atoms with van der Waals surface area (Å²) >= 11 is 0. The van der Waals surface area contributed by atoms with E-state index in [1.165, 1.54) is 6.20 Å². The molecule has 2 unspecified atom stereocenters. The lowest BCUT2D eigenvalue weighted by Gasteiger charge is -2.11. The van der Waals surface area contributed by atoms with Crippen molar-refractivity contribution in [2.24, 2.45) is 11.8 Å². The molecule has 0 radical (unpaired) electrons. The molecule has 21 heavy (non-hydrogen) atoms. The van der Waals surface area contributed by atoms with Gasteiger partial charge < -0.3 is 10.1 Å². The molecular formula is C14H17F3N2O2. The van der Waals surface area contributed by atoms with E-state index in [1.807, 2.05) is 6.92 Å². The topological polar surface area (TPSA) is 51.2 Å². The molecule has 1 aromatic heterocycles. The van der Waals surface area contributed by atoms with E-state index in [0.717, 1.165) is 12.0 Å². The Labute approximate surface area is 120 Å². The Bertz CT molecular complexity index is 531. The molecule has 0 bridgehead atoms. The van der Waals surface area contributed by atoms with Crippen LogP contribution in [0.25, 0.3) is 0 Å². The lowest BCUT2D eigenvalue weighted by molar-refractivity contribution is -0.154. The summed E-state index contributed by atoms with van der Waals surface area (Å²) < 4.78 is 40.8. The Kier molecular flexibility index (Phi) is 4.39. The highest BCUT2D eigenvalue weighted by Gasteiger charge is 2.38. The van der Waals surface area contributed by atoms with Crippen LogP contribution in [-0.4, -0.2) is 23.7 Å². The minimum Gasteiger partial charge on any atom is -0.468 e. The number of nitrogens with one attached hydrogen (secondary N) is 1. The third-order valence-electron chi connectivity index (χ3n) is 3.37. The van der Waals surface area contributed by atoms with Crippen molar-refractivity contribution in [1.29, 1.82) is 0 Å². The Morgan fingerprint density at radius 3 is 2.71 bits per heavy atom. The Morgan fingerprint density at radius 1 is 1.52 bits per heavy atom. The number of hydrogen-bond acceptors (Lipinski definition) is 3. The summed E-state index contributed by atoms with van der Waals surface area (Å²) in [7, 11) is 0. The van der Waals surface area contributed by atoms with Crippen molar-refractivity contribution < 1.29 is 22.7 Å². The molecule has 1 N–H and O–H groups in total. The number of pyridine rings is 1. The molecule has 0 saturated heterocycles. The van der Waals surface area contributed by atoms with Gasteiger partial charge in [-0.05, 0) is 30.9 Å². The highest BCUT2D eigenvalue weighted by atomic mass is 19.4. The summed E-state index contributed by atoms with van der Waals surface area (Å²) in [5, 5.41) is 2.79. The van der Waals surface area contributed by atoms with Crippen molar-refractivity contribution in [1.82, 2.24) is 10.3 Å². The number of carbonyl (C=O) groups excluding carboxylic acids is 1. The number of alkyl halides is 3. The van der Waals surface area contributed by atoms with E-state index in [4.69, 9.17) is 0 Å². The predicted molar refractivity (Wildman–Crippen MR) is 69.6 cm³/mol. The lowest BCUT2D eigenvalue weighted by atomic mass is 10.2. The van der Waals surface area contributed by atoms with E-state index in [1.54, 1.807) is 13.0 Å². The zero-order chi connectivity index (χ0) is 15.6. The van der Waals surface area contributed by atoms with Crippen LogP contribution >= 0.6 is 0 Å². The molecule has 1 saturated carbocycles. The number of halogens is 3. The van der Waals surface area contributed by atoms with Crippen LogP contribution in [-0.2, 0) is 11.3 Å². The van der Waals surface area contributed by atoms with Crippen LogP contribution < -0.4 is 10.1 Å². The van der Waals surface area contributed by atoms with Crippen molar-refractivity contribution in [3.8, 4) is 5.88 Å². The highest BCUT2D eigenvalue weighted by molar-refractivity contribution is 5.81. The van der Waals surface area contributed by atoms with E-state index < -0.39 is 12.8 Å². The molecule has 116 valence electrons. The first-order valence-corrected chi connectivity index (χ1v) is 6.69. The lowest BCUT2D eigenvalue weighted by Crippen LogP contribution is -2.25. The number of hydrogen-bond donors (Lipinski definition) is 1. The quantitative estimate of drug-likeness (QED) is 0.909. The second kappa shape index (κ2) is 5.91. The van der Waals surface area contributed by atoms with Crippen LogP contribution in [0.4, 0.5) is 13.2 Å². The second-order valence-electron chi connectivity index (χ2n) is 5.41. The van der Waals surface area contributed by atoms with E-state index in [9.17, 15) is 18.0 Å². The van der Waals surface area contributed by atoms with Gasteiger partial charge in [0.15, 0.2) is 6.61 Å². The molecule has 1 aliphatic carbocycles. The Balaban J connectivity index is 1.88. The smallest absolute Gasteiger partial charge is 0.422 e. The first kappa shape index (κ1) is 15.6. The van der Waals surface area contributed by atoms with Gasteiger partial charge in [-0.1, -0.05) is 6.92 Å². The number of amides is 1. The average Bonchev–Trinajstić information content (AvgIpc) is 3.11. The van der Waals surface area contributed by atoms with Gasteiger partial charge in [-0.3, -0.25) is 4.79 Å². The van der Waals surface area contributed by atoms with Crippen molar-refractivity contribution >= 4 is 5.91 Å². The van der Waals surface area contributed by atoms with Crippen molar-refractivity contribution in [2.75, 3.05) is 6.61 Å². The third-order valence-corrected chi connectivity index (χ3v) is 3.37. The van der Waals surface area contributed by atoms with Gasteiger partial charge in [0.05, 0.1) is 0 Å². The molecule has 2 rings (SSSR count). The molecule has 0 aliphatic heterocycles. The Morgan fingerprint density at radius 2 is 2.19 bits per heavy atom. The van der Waals surface area contributed by atoms with Gasteiger partial charge in [0.2, 0.25) is 11.8 Å². The van der Waals surface area contributed by atoms with Crippen molar-refractivity contribution in [3.63, 3.8) is 0 Å². The van der Waals surface area contributed by atoms with Crippen LogP contribution in [0.3, 0.4) is 0 Å². The molecular weight excluding hydrogens is 285 g/mol. The van der Waals surface area contributed by atoms with Crippen LogP contribution in [0.15, 0.2) is 12.3 Å². The SMILES string of the molecule is Cc1cc(CNC(=O)C2CC2C)cnc1OCC(F)(F)F. The number of aromatic nitrogens is 1. The number of rotatable bonds is 5. The monoisotopic (exact) mass is 302 g/mol. The number of nitrogens with zero attached hydrogens (tertiary/aromatic N) is 1. The van der Waals surface area contributed by atoms with Crippen molar-refractivity contribution in [3.05, 3.63) is 23.4 Å². The zero-order valence-electron chi connectivity index (χ0n) is 11.8. The molecule has 0 aromatic carbocycles. The maximum atomic E-state index is 12.1. The first-order chi connectivity index (χ1) is 9.76. The summed E-state index contributed by atoms with van der Waals surface area (Å²) in [5.74, 6) is 0.493. The fraction of sp³-hybridized carbons (Fsp3) is 0.571. The minimum atomic E-state index is -4.39. The summed E-state index contributed by atoms with van der Waals surface area (Å²) in [4.78, 5) is 15.5. The van der Waals surface area contributed by atoms with Gasteiger partial charge in [0.25, 0.3) is 0 Å². The zero-order valence-corrected chi connectivity index (χ0v) is 11.8. The van der Waals surface area contributed by atoms with Crippen LogP contribution in [0.5, 0.6) is 5.88 Å². The van der Waals surface area contributed by atoms with E-state index in [2.05, 4.69) is 15.0 Å². The second-order valence-corrected chi connectivity index (χ2v) is 5.41. The largest absolute Gasteiger partial charge is 0.468 e. The summed E-state index contributed by atoms with van der Waals surface area (Å²) in [5.41, 5.74) is 1.24. The molecule has 1 aromatic rings. The molecule has 2 atom stereocenters. The van der Waals surface area contributed by atoms with E-state index >= 15 is 0 Å². The average molecular weight is 302 g/mol. The maximum absolute atomic E-state index is 12.1. The fourth-order valence-corrected chi connectivity index (χ4v) is 2.03. The minimum absolute atomic E-state index is 0.0116. The Hall–Kier alpha value is -1.79. The third kappa shape index (κ3) is 4.61. The molecule has 1 aliphatic rings. The first-order valence-electron chi connectivity index (χ1n) is 6.69. The van der Waals surface area contributed by atoms with Gasteiger partial charge in [-0.15, -0.1) is 0 Å². The highest BCUT2D eigenvalue weighted by Crippen LogP contribution is 2.37. The summed E-state index contributed by atoms with van der Waals surface area (Å²) in [6.45, 7) is 2.58. The molecule has 7 heteroatoms. The molecule has 1 amide bonds. The maximum Gasteiger partial charge on any atom is 0.422 e. The number of carbonyl (C=O) groups is 1. The fourth-order valence-electron chi connectivity index (χ4n) is 2.03. The summed E-state index contributed by atoms with van der Waals surface area (Å²) in [6, 6.07) is 1.66. The molecule has 4 nitrogen and oxygen atoms in total. The number of ether oxygens (including phenoxy) is 1. The standard InChI is InChI=1S/C14H17F3N2O2/c1-8-4-11(8)12(20)18-5-10-3-9(2)13(19-6-10)21-7-14(15,16)17/h3,6,8,11H,4-5,7H2,1-2H3,(H,18,20). The summed E-state index contributed by atoms with van der Waals surface area (Å²) in [6.07, 6.45) is -2.07.